The van der Waals surface area contributed by atoms with Gasteiger partial charge in [0.1, 0.15) is 22.8 Å². The van der Waals surface area contributed by atoms with Gasteiger partial charge in [0, 0.05) is 11.5 Å². The van der Waals surface area contributed by atoms with Gasteiger partial charge < -0.3 is 9.15 Å². The second-order valence-electron chi connectivity index (χ2n) is 7.17. The second kappa shape index (κ2) is 7.54. The summed E-state index contributed by atoms with van der Waals surface area (Å²) in [7, 11) is 0. The minimum Gasteiger partial charge on any atom is -0.460 e. The van der Waals surface area contributed by atoms with Crippen LogP contribution in [0.25, 0.3) is 33.0 Å². The zero-order chi connectivity index (χ0) is 21.4. The molecule has 0 atom stereocenters. The lowest BCUT2D eigenvalue weighted by molar-refractivity contribution is 0.0729. The first kappa shape index (κ1) is 18.8. The summed E-state index contributed by atoms with van der Waals surface area (Å²) in [6.45, 7) is 1.75. The van der Waals surface area contributed by atoms with Gasteiger partial charge in [0.2, 0.25) is 5.43 Å². The molecule has 0 saturated heterocycles. The SMILES string of the molecule is Cc1oc2cc(OC(=O)c3ccc4ccccc4n3)ccc2c(=O)c1-c1ccccc1. The van der Waals surface area contributed by atoms with Gasteiger partial charge in [-0.05, 0) is 36.8 Å². The molecule has 0 saturated carbocycles. The number of carbonyl (C=O) groups excluding carboxylic acids is 1. The van der Waals surface area contributed by atoms with Gasteiger partial charge >= 0.3 is 5.97 Å². The number of nitrogens with zero attached hydrogens (tertiary/aromatic N) is 1. The van der Waals surface area contributed by atoms with Crippen molar-refractivity contribution >= 4 is 27.8 Å². The highest BCUT2D eigenvalue weighted by Gasteiger charge is 2.16. The Labute approximate surface area is 177 Å². The Morgan fingerprint density at radius 2 is 1.68 bits per heavy atom. The van der Waals surface area contributed by atoms with E-state index in [4.69, 9.17) is 9.15 Å². The van der Waals surface area contributed by atoms with Crippen molar-refractivity contribution in [3.05, 3.63) is 107 Å². The maximum absolute atomic E-state index is 13.1. The van der Waals surface area contributed by atoms with E-state index in [0.717, 1.165) is 10.9 Å². The molecule has 0 aliphatic heterocycles. The standard InChI is InChI=1S/C26H17NO4/c1-16-24(18-8-3-2-4-9-18)25(28)20-13-12-19(15-23(20)30-16)31-26(29)22-14-11-17-7-5-6-10-21(17)27-22/h2-15H,1H3. The molecular formula is C26H17NO4. The summed E-state index contributed by atoms with van der Waals surface area (Å²) in [5, 5.41) is 1.37. The van der Waals surface area contributed by atoms with E-state index in [1.165, 1.54) is 0 Å². The van der Waals surface area contributed by atoms with Gasteiger partial charge in [0.05, 0.1) is 16.5 Å². The summed E-state index contributed by atoms with van der Waals surface area (Å²) in [5.74, 6) is 0.205. The van der Waals surface area contributed by atoms with Gasteiger partial charge in [-0.3, -0.25) is 4.79 Å². The number of fused-ring (bicyclic) bond motifs is 2. The molecule has 3 aromatic carbocycles. The Morgan fingerprint density at radius 3 is 2.52 bits per heavy atom. The number of benzene rings is 3. The molecule has 0 N–H and O–H groups in total. The third-order valence-corrected chi connectivity index (χ3v) is 5.12. The van der Waals surface area contributed by atoms with Gasteiger partial charge in [0.25, 0.3) is 0 Å². The lowest BCUT2D eigenvalue weighted by atomic mass is 10.0. The number of aromatic nitrogens is 1. The number of hydrogen-bond acceptors (Lipinski definition) is 5. The average Bonchev–Trinajstić information content (AvgIpc) is 2.79. The van der Waals surface area contributed by atoms with Crippen molar-refractivity contribution in [2.75, 3.05) is 0 Å². The molecule has 0 fully saturated rings. The molecule has 5 aromatic rings. The maximum atomic E-state index is 13.1. The second-order valence-corrected chi connectivity index (χ2v) is 7.17. The van der Waals surface area contributed by atoms with Gasteiger partial charge in [-0.15, -0.1) is 0 Å². The molecule has 0 aliphatic carbocycles. The van der Waals surface area contributed by atoms with Crippen LogP contribution in [0.4, 0.5) is 0 Å². The van der Waals surface area contributed by atoms with Gasteiger partial charge in [-0.2, -0.15) is 0 Å². The van der Waals surface area contributed by atoms with Crippen LogP contribution in [-0.2, 0) is 0 Å². The summed E-state index contributed by atoms with van der Waals surface area (Å²) in [6, 6.07) is 25.1. The number of hydrogen-bond donors (Lipinski definition) is 0. The summed E-state index contributed by atoms with van der Waals surface area (Å²) < 4.78 is 11.4. The molecule has 0 unspecified atom stereocenters. The number of ether oxygens (including phenoxy) is 1. The summed E-state index contributed by atoms with van der Waals surface area (Å²) in [5.41, 5.74) is 2.48. The van der Waals surface area contributed by atoms with Crippen molar-refractivity contribution in [1.29, 1.82) is 0 Å². The molecule has 5 heteroatoms. The van der Waals surface area contributed by atoms with E-state index in [1.54, 1.807) is 31.2 Å². The highest BCUT2D eigenvalue weighted by atomic mass is 16.5. The Bertz CT molecular complexity index is 1500. The van der Waals surface area contributed by atoms with Crippen molar-refractivity contribution in [3.63, 3.8) is 0 Å². The third kappa shape index (κ3) is 3.46. The molecule has 0 radical (unpaired) electrons. The number of aryl methyl sites for hydroxylation is 1. The highest BCUT2D eigenvalue weighted by molar-refractivity contribution is 5.93. The Balaban J connectivity index is 1.49. The fourth-order valence-electron chi connectivity index (χ4n) is 3.63. The molecule has 150 valence electrons. The number of rotatable bonds is 3. The fraction of sp³-hybridized carbons (Fsp3) is 0.0385. The molecule has 31 heavy (non-hydrogen) atoms. The molecule has 0 spiro atoms. The molecule has 2 heterocycles. The smallest absolute Gasteiger partial charge is 0.362 e. The molecule has 2 aromatic heterocycles. The van der Waals surface area contributed by atoms with Crippen molar-refractivity contribution in [1.82, 2.24) is 4.98 Å². The Kier molecular flexibility index (Phi) is 4.56. The largest absolute Gasteiger partial charge is 0.460 e. The monoisotopic (exact) mass is 407 g/mol. The van der Waals surface area contributed by atoms with E-state index >= 15 is 0 Å². The molecule has 0 amide bonds. The van der Waals surface area contributed by atoms with Crippen LogP contribution in [0, 0.1) is 6.92 Å². The quantitative estimate of drug-likeness (QED) is 0.290. The van der Waals surface area contributed by atoms with Crippen LogP contribution in [-0.4, -0.2) is 11.0 Å². The minimum absolute atomic E-state index is 0.126. The van der Waals surface area contributed by atoms with E-state index in [-0.39, 0.29) is 16.9 Å². The lowest BCUT2D eigenvalue weighted by Gasteiger charge is -2.09. The Morgan fingerprint density at radius 1 is 0.903 bits per heavy atom. The number of esters is 1. The van der Waals surface area contributed by atoms with Crippen LogP contribution in [0.5, 0.6) is 5.75 Å². The predicted molar refractivity (Wildman–Crippen MR) is 119 cm³/mol. The van der Waals surface area contributed by atoms with E-state index in [9.17, 15) is 9.59 Å². The van der Waals surface area contributed by atoms with Crippen molar-refractivity contribution in [2.45, 2.75) is 6.92 Å². The van der Waals surface area contributed by atoms with Gasteiger partial charge in [-0.1, -0.05) is 54.6 Å². The van der Waals surface area contributed by atoms with Crippen LogP contribution < -0.4 is 10.2 Å². The van der Waals surface area contributed by atoms with Crippen LogP contribution in [0.1, 0.15) is 16.2 Å². The first-order chi connectivity index (χ1) is 15.1. The van der Waals surface area contributed by atoms with Crippen LogP contribution >= 0.6 is 0 Å². The first-order valence-corrected chi connectivity index (χ1v) is 9.81. The third-order valence-electron chi connectivity index (χ3n) is 5.12. The van der Waals surface area contributed by atoms with E-state index in [1.807, 2.05) is 60.7 Å². The summed E-state index contributed by atoms with van der Waals surface area (Å²) in [4.78, 5) is 30.0. The van der Waals surface area contributed by atoms with Gasteiger partial charge in [0.15, 0.2) is 0 Å². The van der Waals surface area contributed by atoms with Crippen molar-refractivity contribution < 1.29 is 13.9 Å². The molecule has 5 rings (SSSR count). The number of carbonyl (C=O) groups is 1. The first-order valence-electron chi connectivity index (χ1n) is 9.81. The van der Waals surface area contributed by atoms with E-state index in [0.29, 0.717) is 27.8 Å². The average molecular weight is 407 g/mol. The van der Waals surface area contributed by atoms with E-state index < -0.39 is 5.97 Å². The molecule has 5 nitrogen and oxygen atoms in total. The minimum atomic E-state index is -0.579. The van der Waals surface area contributed by atoms with Crippen molar-refractivity contribution in [3.8, 4) is 16.9 Å². The number of pyridine rings is 1. The summed E-state index contributed by atoms with van der Waals surface area (Å²) >= 11 is 0. The number of para-hydroxylation sites is 1. The van der Waals surface area contributed by atoms with Crippen LogP contribution in [0.2, 0.25) is 0 Å². The fourth-order valence-corrected chi connectivity index (χ4v) is 3.63. The predicted octanol–water partition coefficient (Wildman–Crippen LogP) is 5.54. The molecular weight excluding hydrogens is 390 g/mol. The topological polar surface area (TPSA) is 69.4 Å². The molecule has 0 aliphatic rings. The molecule has 0 bridgehead atoms. The van der Waals surface area contributed by atoms with E-state index in [2.05, 4.69) is 4.98 Å². The van der Waals surface area contributed by atoms with Crippen molar-refractivity contribution in [2.24, 2.45) is 0 Å². The van der Waals surface area contributed by atoms with Gasteiger partial charge in [-0.25, -0.2) is 9.78 Å². The Hall–Kier alpha value is -4.25. The van der Waals surface area contributed by atoms with Crippen LogP contribution in [0.15, 0.2) is 94.1 Å². The van der Waals surface area contributed by atoms with Crippen LogP contribution in [0.3, 0.4) is 0 Å². The zero-order valence-electron chi connectivity index (χ0n) is 16.7. The highest BCUT2D eigenvalue weighted by Crippen LogP contribution is 2.26. The maximum Gasteiger partial charge on any atom is 0.362 e. The zero-order valence-corrected chi connectivity index (χ0v) is 16.7. The normalized spacial score (nSPS) is 11.0. The lowest BCUT2D eigenvalue weighted by Crippen LogP contribution is -2.11. The summed E-state index contributed by atoms with van der Waals surface area (Å²) in [6.07, 6.45) is 0.